The zero-order valence-electron chi connectivity index (χ0n) is 15.3. The van der Waals surface area contributed by atoms with Gasteiger partial charge in [0.1, 0.15) is 0 Å². The molecule has 2 aliphatic rings. The van der Waals surface area contributed by atoms with Crippen LogP contribution in [0.25, 0.3) is 0 Å². The summed E-state index contributed by atoms with van der Waals surface area (Å²) in [7, 11) is 1.84. The summed E-state index contributed by atoms with van der Waals surface area (Å²) in [5, 5.41) is 3.57. The van der Waals surface area contributed by atoms with E-state index in [1.807, 2.05) is 14.0 Å². The second-order valence-electron chi connectivity index (χ2n) is 7.06. The molecule has 1 saturated heterocycles. The number of hydrogen-bond acceptors (Lipinski definition) is 3. The number of hydrogen-bond donors (Lipinski definition) is 1. The fourth-order valence-corrected chi connectivity index (χ4v) is 3.68. The summed E-state index contributed by atoms with van der Waals surface area (Å²) >= 11 is 0. The molecule has 25 heavy (non-hydrogen) atoms. The average molecular weight is 343 g/mol. The van der Waals surface area contributed by atoms with Gasteiger partial charge in [0.25, 0.3) is 0 Å². The summed E-state index contributed by atoms with van der Waals surface area (Å²) in [5.74, 6) is 0.934. The van der Waals surface area contributed by atoms with Crippen LogP contribution in [0.4, 0.5) is 0 Å². The largest absolute Gasteiger partial charge is 0.466 e. The third-order valence-corrected chi connectivity index (χ3v) is 5.45. The second kappa shape index (κ2) is 7.89. The van der Waals surface area contributed by atoms with Crippen LogP contribution in [0.1, 0.15) is 38.2 Å². The smallest absolute Gasteiger partial charge is 0.309 e. The SMILES string of the molecule is CCOC(=O)C1CCN(C(=NC)NCC2(c3ccccc3)CC2)CC1. The van der Waals surface area contributed by atoms with Gasteiger partial charge in [-0.2, -0.15) is 0 Å². The van der Waals surface area contributed by atoms with Crippen LogP contribution in [-0.2, 0) is 14.9 Å². The van der Waals surface area contributed by atoms with Gasteiger partial charge in [-0.3, -0.25) is 9.79 Å². The van der Waals surface area contributed by atoms with Crippen LogP contribution in [0.5, 0.6) is 0 Å². The van der Waals surface area contributed by atoms with Crippen LogP contribution in [0.3, 0.4) is 0 Å². The first-order chi connectivity index (χ1) is 12.2. The van der Waals surface area contributed by atoms with Crippen molar-refractivity contribution in [2.45, 2.75) is 38.0 Å². The van der Waals surface area contributed by atoms with Crippen molar-refractivity contribution in [2.24, 2.45) is 10.9 Å². The topological polar surface area (TPSA) is 53.9 Å². The van der Waals surface area contributed by atoms with Crippen LogP contribution in [-0.4, -0.2) is 50.1 Å². The second-order valence-corrected chi connectivity index (χ2v) is 7.06. The van der Waals surface area contributed by atoms with E-state index in [-0.39, 0.29) is 17.3 Å². The normalized spacial score (nSPS) is 20.2. The van der Waals surface area contributed by atoms with Gasteiger partial charge in [0, 0.05) is 32.1 Å². The van der Waals surface area contributed by atoms with Gasteiger partial charge in [0.05, 0.1) is 12.5 Å². The summed E-state index contributed by atoms with van der Waals surface area (Å²) in [6.45, 7) is 4.94. The highest BCUT2D eigenvalue weighted by molar-refractivity contribution is 5.80. The Morgan fingerprint density at radius 3 is 2.52 bits per heavy atom. The molecule has 5 heteroatoms. The first-order valence-electron chi connectivity index (χ1n) is 9.36. The number of ether oxygens (including phenoxy) is 1. The fourth-order valence-electron chi connectivity index (χ4n) is 3.68. The van der Waals surface area contributed by atoms with Crippen molar-refractivity contribution >= 4 is 11.9 Å². The Labute approximate surface area is 150 Å². The van der Waals surface area contributed by atoms with Gasteiger partial charge >= 0.3 is 5.97 Å². The maximum atomic E-state index is 11.9. The quantitative estimate of drug-likeness (QED) is 0.507. The number of esters is 1. The highest BCUT2D eigenvalue weighted by Gasteiger charge is 2.44. The molecular formula is C20H29N3O2. The van der Waals surface area contributed by atoms with Crippen LogP contribution in [0.2, 0.25) is 0 Å². The number of carbonyl (C=O) groups is 1. The lowest BCUT2D eigenvalue weighted by molar-refractivity contribution is -0.149. The van der Waals surface area contributed by atoms with Crippen molar-refractivity contribution in [3.8, 4) is 0 Å². The standard InChI is InChI=1S/C20H29N3O2/c1-3-25-18(24)16-9-13-23(14-10-16)19(21-2)22-15-20(11-12-20)17-7-5-4-6-8-17/h4-8,16H,3,9-15H2,1-2H3,(H,21,22). The number of likely N-dealkylation sites (tertiary alicyclic amines) is 1. The van der Waals surface area contributed by atoms with Gasteiger partial charge in [-0.05, 0) is 38.2 Å². The molecule has 5 nitrogen and oxygen atoms in total. The molecule has 136 valence electrons. The van der Waals surface area contributed by atoms with E-state index in [1.165, 1.54) is 18.4 Å². The first kappa shape index (κ1) is 17.8. The Kier molecular flexibility index (Phi) is 5.61. The van der Waals surface area contributed by atoms with Gasteiger partial charge < -0.3 is 15.0 Å². The van der Waals surface area contributed by atoms with Crippen molar-refractivity contribution in [3.05, 3.63) is 35.9 Å². The number of piperidine rings is 1. The molecular weight excluding hydrogens is 314 g/mol. The first-order valence-corrected chi connectivity index (χ1v) is 9.36. The molecule has 1 heterocycles. The van der Waals surface area contributed by atoms with Crippen LogP contribution < -0.4 is 5.32 Å². The number of aliphatic imine (C=N–C) groups is 1. The lowest BCUT2D eigenvalue weighted by Gasteiger charge is -2.34. The molecule has 1 aromatic rings. The van der Waals surface area contributed by atoms with E-state index < -0.39 is 0 Å². The molecule has 0 aromatic heterocycles. The number of guanidine groups is 1. The third-order valence-electron chi connectivity index (χ3n) is 5.45. The molecule has 2 fully saturated rings. The number of rotatable bonds is 5. The minimum Gasteiger partial charge on any atom is -0.466 e. The minimum atomic E-state index is -0.0499. The lowest BCUT2D eigenvalue weighted by atomic mass is 9.96. The van der Waals surface area contributed by atoms with E-state index in [1.54, 1.807) is 0 Å². The Bertz CT molecular complexity index is 603. The van der Waals surface area contributed by atoms with Crippen molar-refractivity contribution < 1.29 is 9.53 Å². The van der Waals surface area contributed by atoms with E-state index in [0.29, 0.717) is 6.61 Å². The van der Waals surface area contributed by atoms with Gasteiger partial charge in [-0.1, -0.05) is 30.3 Å². The maximum absolute atomic E-state index is 11.9. The van der Waals surface area contributed by atoms with E-state index in [2.05, 4.69) is 45.5 Å². The molecule has 1 N–H and O–H groups in total. The molecule has 1 aliphatic heterocycles. The Morgan fingerprint density at radius 2 is 1.96 bits per heavy atom. The number of benzene rings is 1. The summed E-state index contributed by atoms with van der Waals surface area (Å²) in [6, 6.07) is 10.7. The van der Waals surface area contributed by atoms with Crippen LogP contribution >= 0.6 is 0 Å². The summed E-state index contributed by atoms with van der Waals surface area (Å²) in [4.78, 5) is 18.6. The summed E-state index contributed by atoms with van der Waals surface area (Å²) in [5.41, 5.74) is 1.68. The molecule has 0 atom stereocenters. The molecule has 0 unspecified atom stereocenters. The molecule has 3 rings (SSSR count). The molecule has 0 radical (unpaired) electrons. The van der Waals surface area contributed by atoms with Crippen LogP contribution in [0.15, 0.2) is 35.3 Å². The van der Waals surface area contributed by atoms with E-state index in [9.17, 15) is 4.79 Å². The predicted molar refractivity (Wildman–Crippen MR) is 99.6 cm³/mol. The van der Waals surface area contributed by atoms with Gasteiger partial charge in [-0.15, -0.1) is 0 Å². The van der Waals surface area contributed by atoms with Gasteiger partial charge in [0.2, 0.25) is 0 Å². The summed E-state index contributed by atoms with van der Waals surface area (Å²) < 4.78 is 5.15. The predicted octanol–water partition coefficient (Wildman–Crippen LogP) is 2.57. The molecule has 0 bridgehead atoms. The third kappa shape index (κ3) is 4.14. The minimum absolute atomic E-state index is 0.0356. The molecule has 1 saturated carbocycles. The summed E-state index contributed by atoms with van der Waals surface area (Å²) in [6.07, 6.45) is 4.13. The van der Waals surface area contributed by atoms with Crippen molar-refractivity contribution in [1.29, 1.82) is 0 Å². The lowest BCUT2D eigenvalue weighted by Crippen LogP contribution is -2.48. The van der Waals surface area contributed by atoms with Crippen molar-refractivity contribution in [2.75, 3.05) is 33.3 Å². The number of nitrogens with one attached hydrogen (secondary N) is 1. The van der Waals surface area contributed by atoms with Crippen molar-refractivity contribution in [1.82, 2.24) is 10.2 Å². The zero-order valence-corrected chi connectivity index (χ0v) is 15.3. The Hall–Kier alpha value is -2.04. The average Bonchev–Trinajstić information content (AvgIpc) is 3.45. The fraction of sp³-hybridized carbons (Fsp3) is 0.600. The Morgan fingerprint density at radius 1 is 1.28 bits per heavy atom. The number of carbonyl (C=O) groups excluding carboxylic acids is 1. The van der Waals surface area contributed by atoms with Gasteiger partial charge in [-0.25, -0.2) is 0 Å². The molecule has 0 spiro atoms. The molecule has 0 amide bonds. The number of nitrogens with zero attached hydrogens (tertiary/aromatic N) is 2. The monoisotopic (exact) mass is 343 g/mol. The van der Waals surface area contributed by atoms with E-state index in [0.717, 1.165) is 38.4 Å². The van der Waals surface area contributed by atoms with Crippen molar-refractivity contribution in [3.63, 3.8) is 0 Å². The van der Waals surface area contributed by atoms with Crippen LogP contribution in [0, 0.1) is 5.92 Å². The van der Waals surface area contributed by atoms with E-state index >= 15 is 0 Å². The van der Waals surface area contributed by atoms with E-state index in [4.69, 9.17) is 4.74 Å². The zero-order chi connectivity index (χ0) is 17.7. The molecule has 1 aliphatic carbocycles. The maximum Gasteiger partial charge on any atom is 0.309 e. The van der Waals surface area contributed by atoms with Gasteiger partial charge in [0.15, 0.2) is 5.96 Å². The molecule has 1 aromatic carbocycles. The highest BCUT2D eigenvalue weighted by Crippen LogP contribution is 2.47. The highest BCUT2D eigenvalue weighted by atomic mass is 16.5. The Balaban J connectivity index is 1.52.